The summed E-state index contributed by atoms with van der Waals surface area (Å²) < 4.78 is 40.8. The molecule has 6 nitrogen and oxygen atoms in total. The number of rotatable bonds is 3. The van der Waals surface area contributed by atoms with Gasteiger partial charge >= 0.3 is 0 Å². The summed E-state index contributed by atoms with van der Waals surface area (Å²) in [6.07, 6.45) is 0.540. The lowest BCUT2D eigenvalue weighted by Crippen LogP contribution is -2.52. The van der Waals surface area contributed by atoms with Crippen LogP contribution in [-0.2, 0) is 14.8 Å². The molecule has 0 saturated carbocycles. The average molecular weight is 356 g/mol. The molecule has 0 spiro atoms. The van der Waals surface area contributed by atoms with Gasteiger partial charge in [0.25, 0.3) is 0 Å². The number of aliphatic hydroxyl groups is 1. The van der Waals surface area contributed by atoms with E-state index >= 15 is 0 Å². The van der Waals surface area contributed by atoms with Crippen LogP contribution < -0.4 is 0 Å². The van der Waals surface area contributed by atoms with Crippen LogP contribution in [0.1, 0.15) is 13.3 Å². The summed E-state index contributed by atoms with van der Waals surface area (Å²) in [7, 11) is -3.97. The molecule has 2 aliphatic rings. The van der Waals surface area contributed by atoms with Crippen LogP contribution in [0, 0.1) is 17.2 Å². The fourth-order valence-corrected chi connectivity index (χ4v) is 5.42. The predicted octanol–water partition coefficient (Wildman–Crippen LogP) is 0.677. The molecule has 8 heteroatoms. The van der Waals surface area contributed by atoms with Crippen molar-refractivity contribution < 1.29 is 22.7 Å². The van der Waals surface area contributed by atoms with Gasteiger partial charge in [-0.1, -0.05) is 12.1 Å². The molecular weight excluding hydrogens is 335 g/mol. The Bertz CT molecular complexity index is 754. The van der Waals surface area contributed by atoms with Gasteiger partial charge in [-0.25, -0.2) is 12.8 Å². The number of nitrogens with zero attached hydrogens (tertiary/aromatic N) is 2. The van der Waals surface area contributed by atoms with Crippen LogP contribution in [-0.4, -0.2) is 61.4 Å². The van der Waals surface area contributed by atoms with Gasteiger partial charge < -0.3 is 10.0 Å². The van der Waals surface area contributed by atoms with Crippen LogP contribution in [0.15, 0.2) is 29.2 Å². The number of hydrogen-bond donors (Lipinski definition) is 1. The van der Waals surface area contributed by atoms with E-state index in [2.05, 4.69) is 0 Å². The molecule has 1 amide bonds. The Kier molecular flexibility index (Phi) is 4.39. The molecule has 2 aliphatic heterocycles. The molecule has 0 aliphatic carbocycles. The third-order valence-electron chi connectivity index (χ3n) is 5.25. The van der Waals surface area contributed by atoms with E-state index < -0.39 is 21.3 Å². The number of amides is 1. The molecule has 2 atom stereocenters. The maximum Gasteiger partial charge on any atom is 0.246 e. The van der Waals surface area contributed by atoms with Gasteiger partial charge in [0.05, 0.1) is 6.61 Å². The highest BCUT2D eigenvalue weighted by molar-refractivity contribution is 7.89. The molecule has 0 bridgehead atoms. The Hall–Kier alpha value is -1.51. The monoisotopic (exact) mass is 356 g/mol. The quantitative estimate of drug-likeness (QED) is 0.864. The number of likely N-dealkylation sites (tertiary alicyclic amines) is 1. The Morgan fingerprint density at radius 3 is 2.71 bits per heavy atom. The summed E-state index contributed by atoms with van der Waals surface area (Å²) in [5, 5.41) is 9.93. The molecule has 0 radical (unpaired) electrons. The van der Waals surface area contributed by atoms with Gasteiger partial charge in [0.15, 0.2) is 0 Å². The lowest BCUT2D eigenvalue weighted by atomic mass is 9.75. The molecular formula is C16H21FN2O4S. The number of benzene rings is 1. The fraction of sp³-hybridized carbons (Fsp3) is 0.562. The minimum Gasteiger partial charge on any atom is -0.396 e. The Morgan fingerprint density at radius 2 is 2.08 bits per heavy atom. The van der Waals surface area contributed by atoms with Crippen molar-refractivity contribution in [3.05, 3.63) is 30.1 Å². The van der Waals surface area contributed by atoms with Crippen LogP contribution in [0.2, 0.25) is 0 Å². The fourth-order valence-electron chi connectivity index (χ4n) is 3.81. The van der Waals surface area contributed by atoms with Gasteiger partial charge in [0, 0.05) is 38.5 Å². The second-order valence-electron chi connectivity index (χ2n) is 6.67. The van der Waals surface area contributed by atoms with E-state index in [-0.39, 0.29) is 36.4 Å². The van der Waals surface area contributed by atoms with Crippen molar-refractivity contribution in [2.75, 3.05) is 32.8 Å². The zero-order valence-corrected chi connectivity index (χ0v) is 14.3. The second kappa shape index (κ2) is 6.09. The zero-order valence-electron chi connectivity index (χ0n) is 13.5. The molecule has 2 heterocycles. The normalized spacial score (nSPS) is 28.0. The van der Waals surface area contributed by atoms with Crippen molar-refractivity contribution in [3.63, 3.8) is 0 Å². The largest absolute Gasteiger partial charge is 0.396 e. The van der Waals surface area contributed by atoms with E-state index in [1.54, 1.807) is 4.90 Å². The lowest BCUT2D eigenvalue weighted by Gasteiger charge is -2.42. The van der Waals surface area contributed by atoms with E-state index in [4.69, 9.17) is 0 Å². The number of hydrogen-bond acceptors (Lipinski definition) is 4. The van der Waals surface area contributed by atoms with Gasteiger partial charge in [-0.2, -0.15) is 4.31 Å². The van der Waals surface area contributed by atoms with Crippen LogP contribution in [0.25, 0.3) is 0 Å². The number of aliphatic hydroxyl groups excluding tert-OH is 1. The number of halogens is 1. The Morgan fingerprint density at radius 1 is 1.38 bits per heavy atom. The van der Waals surface area contributed by atoms with Crippen LogP contribution in [0.4, 0.5) is 4.39 Å². The predicted molar refractivity (Wildman–Crippen MR) is 85.0 cm³/mol. The van der Waals surface area contributed by atoms with Gasteiger partial charge in [-0.15, -0.1) is 0 Å². The third-order valence-corrected chi connectivity index (χ3v) is 7.12. The second-order valence-corrected chi connectivity index (χ2v) is 8.58. The van der Waals surface area contributed by atoms with Crippen molar-refractivity contribution in [1.82, 2.24) is 9.21 Å². The summed E-state index contributed by atoms with van der Waals surface area (Å²) >= 11 is 0. The first kappa shape index (κ1) is 17.3. The number of carbonyl (C=O) groups excluding carboxylic acids is 1. The number of piperidine rings is 1. The van der Waals surface area contributed by atoms with E-state index in [9.17, 15) is 22.7 Å². The first-order chi connectivity index (χ1) is 11.3. The minimum absolute atomic E-state index is 0.0541. The number of carbonyl (C=O) groups is 1. The highest BCUT2D eigenvalue weighted by Gasteiger charge is 2.52. The van der Waals surface area contributed by atoms with Gasteiger partial charge in [0.1, 0.15) is 10.7 Å². The molecule has 132 valence electrons. The highest BCUT2D eigenvalue weighted by atomic mass is 32.2. The average Bonchev–Trinajstić information content (AvgIpc) is 2.94. The van der Waals surface area contributed by atoms with E-state index in [0.717, 1.165) is 6.07 Å². The summed E-state index contributed by atoms with van der Waals surface area (Å²) in [6, 6.07) is 5.29. The smallest absolute Gasteiger partial charge is 0.246 e. The topological polar surface area (TPSA) is 77.9 Å². The summed E-state index contributed by atoms with van der Waals surface area (Å²) in [5.41, 5.74) is -0.678. The minimum atomic E-state index is -3.97. The molecule has 0 unspecified atom stereocenters. The van der Waals surface area contributed by atoms with Crippen LogP contribution >= 0.6 is 0 Å². The standard InChI is InChI=1S/C16H21FN2O4S/c1-12(21)18-8-13-6-7-19(10-16(13,9-18)11-20)24(22,23)15-5-3-2-4-14(15)17/h2-5,13,20H,6-11H2,1H3/t13-,16-/m0/s1. The first-order valence-corrected chi connectivity index (χ1v) is 9.35. The van der Waals surface area contributed by atoms with Gasteiger partial charge in [-0.05, 0) is 24.5 Å². The highest BCUT2D eigenvalue weighted by Crippen LogP contribution is 2.43. The van der Waals surface area contributed by atoms with Crippen molar-refractivity contribution in [3.8, 4) is 0 Å². The maximum atomic E-state index is 13.9. The molecule has 1 aromatic rings. The van der Waals surface area contributed by atoms with Crippen molar-refractivity contribution in [2.45, 2.75) is 18.2 Å². The first-order valence-electron chi connectivity index (χ1n) is 7.91. The number of fused-ring (bicyclic) bond motifs is 1. The Balaban J connectivity index is 1.90. The van der Waals surface area contributed by atoms with Crippen molar-refractivity contribution in [1.29, 1.82) is 0 Å². The van der Waals surface area contributed by atoms with Crippen LogP contribution in [0.3, 0.4) is 0 Å². The molecule has 0 aromatic heterocycles. The summed E-state index contributed by atoms with van der Waals surface area (Å²) in [4.78, 5) is 13.0. The van der Waals surface area contributed by atoms with Crippen molar-refractivity contribution >= 4 is 15.9 Å². The van der Waals surface area contributed by atoms with Gasteiger partial charge in [-0.3, -0.25) is 4.79 Å². The molecule has 2 saturated heterocycles. The Labute approximate surface area is 140 Å². The van der Waals surface area contributed by atoms with E-state index in [1.807, 2.05) is 0 Å². The third kappa shape index (κ3) is 2.72. The lowest BCUT2D eigenvalue weighted by molar-refractivity contribution is -0.128. The number of sulfonamides is 1. The van der Waals surface area contributed by atoms with Crippen LogP contribution in [0.5, 0.6) is 0 Å². The SMILES string of the molecule is CC(=O)N1C[C@@H]2CCN(S(=O)(=O)c3ccccc3F)C[C@]2(CO)C1. The molecule has 1 N–H and O–H groups in total. The van der Waals surface area contributed by atoms with E-state index in [1.165, 1.54) is 29.4 Å². The van der Waals surface area contributed by atoms with Crippen molar-refractivity contribution in [2.24, 2.45) is 11.3 Å². The summed E-state index contributed by atoms with van der Waals surface area (Å²) in [6.45, 7) is 2.47. The zero-order chi connectivity index (χ0) is 17.5. The maximum absolute atomic E-state index is 13.9. The molecule has 24 heavy (non-hydrogen) atoms. The molecule has 3 rings (SSSR count). The summed E-state index contributed by atoms with van der Waals surface area (Å²) in [5.74, 6) is -0.811. The molecule has 2 fully saturated rings. The van der Waals surface area contributed by atoms with Gasteiger partial charge in [0.2, 0.25) is 15.9 Å². The van der Waals surface area contributed by atoms with E-state index in [0.29, 0.717) is 19.5 Å². The molecule has 1 aromatic carbocycles.